The number of nitrogens with zero attached hydrogens (tertiary/aromatic N) is 2. The van der Waals surface area contributed by atoms with Crippen molar-refractivity contribution in [3.8, 4) is 0 Å². The molecular formula is C7H16N2O3S. The van der Waals surface area contributed by atoms with Crippen LogP contribution in [0.3, 0.4) is 0 Å². The molecule has 1 unspecified atom stereocenters. The van der Waals surface area contributed by atoms with Gasteiger partial charge in [0.15, 0.2) is 0 Å². The Labute approximate surface area is 79.5 Å². The fourth-order valence-electron chi connectivity index (χ4n) is 1.26. The summed E-state index contributed by atoms with van der Waals surface area (Å²) in [5.74, 6) is 0. The maximum absolute atomic E-state index is 11.7. The van der Waals surface area contributed by atoms with Gasteiger partial charge in [0.2, 0.25) is 0 Å². The number of hydrogen-bond acceptors (Lipinski definition) is 3. The first kappa shape index (κ1) is 10.9. The average Bonchev–Trinajstić information content (AvgIpc) is 2.04. The lowest BCUT2D eigenvalue weighted by Gasteiger charge is -2.33. The van der Waals surface area contributed by atoms with Gasteiger partial charge in [-0.3, -0.25) is 0 Å². The van der Waals surface area contributed by atoms with Crippen LogP contribution in [0.2, 0.25) is 0 Å². The zero-order valence-corrected chi connectivity index (χ0v) is 9.04. The zero-order valence-electron chi connectivity index (χ0n) is 8.23. The van der Waals surface area contributed by atoms with E-state index < -0.39 is 10.2 Å². The SMILES string of the molecule is CC1COCCN1S(=O)(=O)N(C)C. The van der Waals surface area contributed by atoms with Gasteiger partial charge in [-0.05, 0) is 6.92 Å². The molecule has 0 saturated carbocycles. The van der Waals surface area contributed by atoms with Crippen LogP contribution in [0.1, 0.15) is 6.92 Å². The Morgan fingerprint density at radius 3 is 2.54 bits per heavy atom. The molecule has 1 rings (SSSR count). The highest BCUT2D eigenvalue weighted by Crippen LogP contribution is 2.13. The van der Waals surface area contributed by atoms with E-state index in [0.717, 1.165) is 0 Å². The highest BCUT2D eigenvalue weighted by molar-refractivity contribution is 7.86. The first-order valence-electron chi connectivity index (χ1n) is 4.23. The summed E-state index contributed by atoms with van der Waals surface area (Å²) < 4.78 is 31.2. The van der Waals surface area contributed by atoms with Crippen molar-refractivity contribution in [3.05, 3.63) is 0 Å². The molecule has 0 radical (unpaired) electrons. The molecule has 78 valence electrons. The van der Waals surface area contributed by atoms with E-state index in [-0.39, 0.29) is 6.04 Å². The minimum Gasteiger partial charge on any atom is -0.378 e. The van der Waals surface area contributed by atoms with Gasteiger partial charge in [-0.2, -0.15) is 17.0 Å². The fraction of sp³-hybridized carbons (Fsp3) is 1.00. The van der Waals surface area contributed by atoms with E-state index in [0.29, 0.717) is 19.8 Å². The Bertz CT molecular complexity index is 263. The molecule has 0 aromatic heterocycles. The van der Waals surface area contributed by atoms with Gasteiger partial charge in [-0.25, -0.2) is 0 Å². The zero-order chi connectivity index (χ0) is 10.1. The summed E-state index contributed by atoms with van der Waals surface area (Å²) in [6.45, 7) is 3.26. The second kappa shape index (κ2) is 3.91. The van der Waals surface area contributed by atoms with Crippen LogP contribution in [-0.4, -0.2) is 56.9 Å². The first-order valence-corrected chi connectivity index (χ1v) is 5.63. The highest BCUT2D eigenvalue weighted by atomic mass is 32.2. The van der Waals surface area contributed by atoms with Gasteiger partial charge < -0.3 is 4.74 Å². The Kier molecular flexibility index (Phi) is 3.28. The van der Waals surface area contributed by atoms with Crippen molar-refractivity contribution in [2.75, 3.05) is 33.9 Å². The molecule has 5 nitrogen and oxygen atoms in total. The van der Waals surface area contributed by atoms with Gasteiger partial charge in [-0.1, -0.05) is 0 Å². The molecule has 13 heavy (non-hydrogen) atoms. The van der Waals surface area contributed by atoms with Crippen LogP contribution in [-0.2, 0) is 14.9 Å². The smallest absolute Gasteiger partial charge is 0.281 e. The lowest BCUT2D eigenvalue weighted by atomic mass is 10.3. The Balaban J connectivity index is 2.80. The van der Waals surface area contributed by atoms with E-state index in [9.17, 15) is 8.42 Å². The van der Waals surface area contributed by atoms with E-state index in [1.54, 1.807) is 0 Å². The number of morpholine rings is 1. The predicted octanol–water partition coefficient (Wildman–Crippen LogP) is -0.486. The van der Waals surface area contributed by atoms with E-state index >= 15 is 0 Å². The second-order valence-corrected chi connectivity index (χ2v) is 5.42. The molecule has 0 bridgehead atoms. The topological polar surface area (TPSA) is 49.9 Å². The molecule has 1 atom stereocenters. The van der Waals surface area contributed by atoms with Gasteiger partial charge in [0.05, 0.1) is 13.2 Å². The van der Waals surface area contributed by atoms with Crippen LogP contribution in [0.15, 0.2) is 0 Å². The second-order valence-electron chi connectivity index (χ2n) is 3.32. The van der Waals surface area contributed by atoms with Gasteiger partial charge in [0.25, 0.3) is 10.2 Å². The number of ether oxygens (including phenoxy) is 1. The quantitative estimate of drug-likeness (QED) is 0.615. The average molecular weight is 208 g/mol. The number of hydrogen-bond donors (Lipinski definition) is 0. The molecule has 6 heteroatoms. The molecule has 0 amide bonds. The molecule has 0 aliphatic carbocycles. The van der Waals surface area contributed by atoms with Crippen LogP contribution in [0.4, 0.5) is 0 Å². The van der Waals surface area contributed by atoms with Gasteiger partial charge in [0.1, 0.15) is 0 Å². The first-order chi connectivity index (χ1) is 5.96. The molecular weight excluding hydrogens is 192 g/mol. The largest absolute Gasteiger partial charge is 0.378 e. The van der Waals surface area contributed by atoms with E-state index in [2.05, 4.69) is 0 Å². The lowest BCUT2D eigenvalue weighted by Crippen LogP contribution is -2.51. The summed E-state index contributed by atoms with van der Waals surface area (Å²) in [4.78, 5) is 0. The fourth-order valence-corrected chi connectivity index (χ4v) is 2.50. The van der Waals surface area contributed by atoms with Crippen LogP contribution >= 0.6 is 0 Å². The van der Waals surface area contributed by atoms with Gasteiger partial charge >= 0.3 is 0 Å². The third kappa shape index (κ3) is 2.19. The number of rotatable bonds is 2. The predicted molar refractivity (Wildman–Crippen MR) is 49.6 cm³/mol. The summed E-state index contributed by atoms with van der Waals surface area (Å²) >= 11 is 0. The van der Waals surface area contributed by atoms with Crippen molar-refractivity contribution >= 4 is 10.2 Å². The standard InChI is InChI=1S/C7H16N2O3S/c1-7-6-12-5-4-9(7)13(10,11)8(2)3/h7H,4-6H2,1-3H3. The molecule has 0 aromatic rings. The molecule has 0 spiro atoms. The summed E-state index contributed by atoms with van der Waals surface area (Å²) in [6, 6.07) is -0.0684. The minimum atomic E-state index is -3.26. The van der Waals surface area contributed by atoms with Crippen molar-refractivity contribution in [2.24, 2.45) is 0 Å². The van der Waals surface area contributed by atoms with Crippen LogP contribution in [0.25, 0.3) is 0 Å². The van der Waals surface area contributed by atoms with Crippen LogP contribution in [0.5, 0.6) is 0 Å². The highest BCUT2D eigenvalue weighted by Gasteiger charge is 2.31. The normalized spacial score (nSPS) is 26.6. The van der Waals surface area contributed by atoms with Crippen molar-refractivity contribution < 1.29 is 13.2 Å². The molecule has 1 fully saturated rings. The minimum absolute atomic E-state index is 0.0684. The molecule has 1 aliphatic heterocycles. The van der Waals surface area contributed by atoms with E-state index in [1.807, 2.05) is 6.92 Å². The van der Waals surface area contributed by atoms with Gasteiger partial charge in [-0.15, -0.1) is 0 Å². The van der Waals surface area contributed by atoms with Crippen molar-refractivity contribution in [2.45, 2.75) is 13.0 Å². The summed E-state index contributed by atoms with van der Waals surface area (Å²) in [7, 11) is -0.184. The Morgan fingerprint density at radius 1 is 1.46 bits per heavy atom. The summed E-state index contributed by atoms with van der Waals surface area (Å²) in [5, 5.41) is 0. The Hall–Kier alpha value is -0.170. The lowest BCUT2D eigenvalue weighted by molar-refractivity contribution is 0.0371. The summed E-state index contributed by atoms with van der Waals surface area (Å²) in [5.41, 5.74) is 0. The molecule has 0 aromatic carbocycles. The van der Waals surface area contributed by atoms with Crippen molar-refractivity contribution in [1.82, 2.24) is 8.61 Å². The van der Waals surface area contributed by atoms with Crippen LogP contribution < -0.4 is 0 Å². The van der Waals surface area contributed by atoms with Crippen molar-refractivity contribution in [1.29, 1.82) is 0 Å². The monoisotopic (exact) mass is 208 g/mol. The van der Waals surface area contributed by atoms with E-state index in [4.69, 9.17) is 4.74 Å². The molecule has 0 N–H and O–H groups in total. The Morgan fingerprint density at radius 2 is 2.08 bits per heavy atom. The molecule has 1 heterocycles. The van der Waals surface area contributed by atoms with E-state index in [1.165, 1.54) is 22.7 Å². The third-order valence-electron chi connectivity index (χ3n) is 2.06. The maximum Gasteiger partial charge on any atom is 0.281 e. The summed E-state index contributed by atoms with van der Waals surface area (Å²) in [6.07, 6.45) is 0. The van der Waals surface area contributed by atoms with Crippen molar-refractivity contribution in [3.63, 3.8) is 0 Å². The van der Waals surface area contributed by atoms with Crippen LogP contribution in [0, 0.1) is 0 Å². The third-order valence-corrected chi connectivity index (χ3v) is 4.12. The molecule has 1 saturated heterocycles. The maximum atomic E-state index is 11.7. The van der Waals surface area contributed by atoms with Gasteiger partial charge in [0, 0.05) is 26.7 Å². The molecule has 1 aliphatic rings.